The third-order valence-electron chi connectivity index (χ3n) is 3.91. The summed E-state index contributed by atoms with van der Waals surface area (Å²) in [6, 6.07) is 23.1. The Balaban J connectivity index is 2.26. The molecule has 0 saturated carbocycles. The number of thioether (sulfide) groups is 1. The van der Waals surface area contributed by atoms with Crippen molar-refractivity contribution < 1.29 is 4.74 Å². The van der Waals surface area contributed by atoms with Gasteiger partial charge in [0.15, 0.2) is 0 Å². The van der Waals surface area contributed by atoms with Gasteiger partial charge in [0.2, 0.25) is 0 Å². The van der Waals surface area contributed by atoms with Gasteiger partial charge in [-0.1, -0.05) is 60.7 Å². The van der Waals surface area contributed by atoms with Gasteiger partial charge >= 0.3 is 0 Å². The molecule has 0 radical (unpaired) electrons. The van der Waals surface area contributed by atoms with E-state index in [4.69, 9.17) is 16.3 Å². The molecule has 0 spiro atoms. The lowest BCUT2D eigenvalue weighted by Crippen LogP contribution is -2.10. The highest BCUT2D eigenvalue weighted by atomic mass is 35.5. The van der Waals surface area contributed by atoms with Crippen molar-refractivity contribution in [1.82, 2.24) is 0 Å². The molecule has 0 heterocycles. The zero-order valence-electron chi connectivity index (χ0n) is 14.1. The Morgan fingerprint density at radius 2 is 1.58 bits per heavy atom. The van der Waals surface area contributed by atoms with E-state index >= 15 is 0 Å². The fourth-order valence-corrected chi connectivity index (χ4v) is 4.41. The lowest BCUT2D eigenvalue weighted by atomic mass is 9.97. The summed E-state index contributed by atoms with van der Waals surface area (Å²) >= 11 is 8.33. The second kappa shape index (κ2) is 7.08. The molecule has 0 aromatic heterocycles. The van der Waals surface area contributed by atoms with Crippen LogP contribution in [0.4, 0.5) is 0 Å². The van der Waals surface area contributed by atoms with E-state index in [2.05, 4.69) is 60.7 Å². The number of methoxy groups -OCH3 is 1. The highest BCUT2D eigenvalue weighted by Crippen LogP contribution is 2.49. The van der Waals surface area contributed by atoms with Gasteiger partial charge < -0.3 is 4.74 Å². The van der Waals surface area contributed by atoms with Crippen molar-refractivity contribution in [3.8, 4) is 5.75 Å². The minimum absolute atomic E-state index is 0.0970. The molecule has 0 aliphatic heterocycles. The quantitative estimate of drug-likeness (QED) is 0.473. The first kappa shape index (κ1) is 17.2. The van der Waals surface area contributed by atoms with Gasteiger partial charge in [-0.3, -0.25) is 0 Å². The van der Waals surface area contributed by atoms with Crippen molar-refractivity contribution in [3.63, 3.8) is 0 Å². The van der Waals surface area contributed by atoms with Crippen molar-refractivity contribution >= 4 is 34.1 Å². The summed E-state index contributed by atoms with van der Waals surface area (Å²) in [5, 5.41) is 2.51. The first-order valence-corrected chi connectivity index (χ1v) is 9.22. The van der Waals surface area contributed by atoms with E-state index in [-0.39, 0.29) is 9.46 Å². The van der Waals surface area contributed by atoms with E-state index in [0.29, 0.717) is 0 Å². The van der Waals surface area contributed by atoms with E-state index in [9.17, 15) is 0 Å². The van der Waals surface area contributed by atoms with Crippen LogP contribution < -0.4 is 4.74 Å². The molecule has 0 aliphatic carbocycles. The predicted molar refractivity (Wildman–Crippen MR) is 106 cm³/mol. The van der Waals surface area contributed by atoms with Crippen LogP contribution in [0, 0.1) is 0 Å². The molecule has 24 heavy (non-hydrogen) atoms. The lowest BCUT2D eigenvalue weighted by molar-refractivity contribution is 0.411. The van der Waals surface area contributed by atoms with Crippen molar-refractivity contribution in [2.45, 2.75) is 23.3 Å². The zero-order valence-corrected chi connectivity index (χ0v) is 15.7. The predicted octanol–water partition coefficient (Wildman–Crippen LogP) is 6.65. The van der Waals surface area contributed by atoms with Crippen LogP contribution >= 0.6 is 23.4 Å². The highest BCUT2D eigenvalue weighted by Gasteiger charge is 2.28. The summed E-state index contributed by atoms with van der Waals surface area (Å²) in [5.74, 6) is 0.899. The average molecular weight is 357 g/mol. The molecule has 0 saturated heterocycles. The van der Waals surface area contributed by atoms with E-state index in [0.717, 1.165) is 5.75 Å². The normalized spacial score (nSPS) is 13.0. The van der Waals surface area contributed by atoms with Gasteiger partial charge in [-0.25, -0.2) is 0 Å². The second-order valence-electron chi connectivity index (χ2n) is 6.17. The van der Waals surface area contributed by atoms with Gasteiger partial charge in [-0.2, -0.15) is 0 Å². The van der Waals surface area contributed by atoms with Crippen molar-refractivity contribution in [2.75, 3.05) is 7.11 Å². The largest absolute Gasteiger partial charge is 0.496 e. The molecule has 0 aliphatic rings. The molecular weight excluding hydrogens is 336 g/mol. The van der Waals surface area contributed by atoms with Gasteiger partial charge in [0.05, 0.1) is 16.6 Å². The minimum atomic E-state index is -0.386. The standard InChI is InChI=1S/C21H21ClOS/c1-21(2,22)24-20(16-10-5-4-6-11-16)19-17-12-8-7-9-15(17)13-14-18(19)23-3/h4-14,20H,1-3H3. The molecule has 0 bridgehead atoms. The molecule has 3 aromatic carbocycles. The summed E-state index contributed by atoms with van der Waals surface area (Å²) in [6.45, 7) is 4.07. The average Bonchev–Trinajstić information content (AvgIpc) is 2.59. The molecule has 0 fully saturated rings. The monoisotopic (exact) mass is 356 g/mol. The van der Waals surface area contributed by atoms with Crippen molar-refractivity contribution in [2.24, 2.45) is 0 Å². The summed E-state index contributed by atoms with van der Waals surface area (Å²) in [5.41, 5.74) is 2.41. The summed E-state index contributed by atoms with van der Waals surface area (Å²) in [7, 11) is 1.73. The number of hydrogen-bond acceptors (Lipinski definition) is 2. The Morgan fingerprint density at radius 1 is 0.917 bits per heavy atom. The number of ether oxygens (including phenoxy) is 1. The molecule has 0 amide bonds. The Bertz CT molecular complexity index is 824. The van der Waals surface area contributed by atoms with Crippen molar-refractivity contribution in [3.05, 3.63) is 77.9 Å². The van der Waals surface area contributed by atoms with Crippen LogP contribution in [0.3, 0.4) is 0 Å². The van der Waals surface area contributed by atoms with Crippen LogP contribution in [0.2, 0.25) is 0 Å². The fourth-order valence-electron chi connectivity index (χ4n) is 2.93. The number of halogens is 1. The van der Waals surface area contributed by atoms with Crippen LogP contribution in [-0.2, 0) is 0 Å². The molecule has 3 aromatic rings. The van der Waals surface area contributed by atoms with Gasteiger partial charge in [0, 0.05) is 5.56 Å². The van der Waals surface area contributed by atoms with Gasteiger partial charge in [-0.15, -0.1) is 23.4 Å². The van der Waals surface area contributed by atoms with E-state index in [1.165, 1.54) is 21.9 Å². The molecule has 0 N–H and O–H groups in total. The van der Waals surface area contributed by atoms with Crippen LogP contribution in [0.15, 0.2) is 66.7 Å². The van der Waals surface area contributed by atoms with E-state index in [1.807, 2.05) is 19.9 Å². The van der Waals surface area contributed by atoms with E-state index < -0.39 is 0 Å². The third kappa shape index (κ3) is 3.71. The second-order valence-corrected chi connectivity index (χ2v) is 9.07. The van der Waals surface area contributed by atoms with Crippen LogP contribution in [0.25, 0.3) is 10.8 Å². The smallest absolute Gasteiger partial charge is 0.124 e. The van der Waals surface area contributed by atoms with Gasteiger partial charge in [-0.05, 0) is 36.2 Å². The van der Waals surface area contributed by atoms with Gasteiger partial charge in [0.1, 0.15) is 5.75 Å². The molecule has 1 unspecified atom stereocenters. The Labute approximate surface area is 153 Å². The molecular formula is C21H21ClOS. The summed E-state index contributed by atoms with van der Waals surface area (Å²) in [6.07, 6.45) is 0. The Kier molecular flexibility index (Phi) is 5.07. The lowest BCUT2D eigenvalue weighted by Gasteiger charge is -2.27. The number of rotatable bonds is 5. The van der Waals surface area contributed by atoms with Crippen LogP contribution in [0.5, 0.6) is 5.75 Å². The molecule has 124 valence electrons. The van der Waals surface area contributed by atoms with Gasteiger partial charge in [0.25, 0.3) is 0 Å². The topological polar surface area (TPSA) is 9.23 Å². The molecule has 1 atom stereocenters. The molecule has 1 nitrogen and oxygen atoms in total. The minimum Gasteiger partial charge on any atom is -0.496 e. The number of hydrogen-bond donors (Lipinski definition) is 0. The first-order valence-electron chi connectivity index (χ1n) is 7.97. The summed E-state index contributed by atoms with van der Waals surface area (Å²) in [4.78, 5) is 0. The first-order chi connectivity index (χ1) is 11.5. The zero-order chi connectivity index (χ0) is 17.2. The Hall–Kier alpha value is -1.64. The SMILES string of the molecule is COc1ccc2ccccc2c1C(SC(C)(C)Cl)c1ccccc1. The fraction of sp³-hybridized carbons (Fsp3) is 0.238. The number of fused-ring (bicyclic) bond motifs is 1. The van der Waals surface area contributed by atoms with Crippen LogP contribution in [0.1, 0.15) is 30.2 Å². The maximum Gasteiger partial charge on any atom is 0.124 e. The molecule has 3 heteroatoms. The number of benzene rings is 3. The maximum atomic E-state index is 6.60. The highest BCUT2D eigenvalue weighted by molar-refractivity contribution is 8.02. The van der Waals surface area contributed by atoms with E-state index in [1.54, 1.807) is 18.9 Å². The van der Waals surface area contributed by atoms with Crippen molar-refractivity contribution in [1.29, 1.82) is 0 Å². The maximum absolute atomic E-state index is 6.60. The Morgan fingerprint density at radius 3 is 2.25 bits per heavy atom. The third-order valence-corrected chi connectivity index (χ3v) is 5.48. The summed E-state index contributed by atoms with van der Waals surface area (Å²) < 4.78 is 5.33. The molecule has 3 rings (SSSR count). The number of alkyl halides is 1. The van der Waals surface area contributed by atoms with Crippen LogP contribution in [-0.4, -0.2) is 11.3 Å².